The average molecular weight is 301 g/mol. The third kappa shape index (κ3) is 3.30. The maximum absolute atomic E-state index is 12.2. The lowest BCUT2D eigenvalue weighted by Crippen LogP contribution is -2.37. The van der Waals surface area contributed by atoms with E-state index in [1.807, 2.05) is 5.38 Å². The van der Waals surface area contributed by atoms with Crippen LogP contribution in [0.3, 0.4) is 0 Å². The molecule has 1 unspecified atom stereocenters. The molecule has 1 fully saturated rings. The zero-order valence-electron chi connectivity index (χ0n) is 11.0. The van der Waals surface area contributed by atoms with Gasteiger partial charge in [0.2, 0.25) is 0 Å². The molecule has 1 saturated heterocycles. The summed E-state index contributed by atoms with van der Waals surface area (Å²) in [7, 11) is 0. The highest BCUT2D eigenvalue weighted by Gasteiger charge is 2.21. The molecule has 1 amide bonds. The lowest BCUT2D eigenvalue weighted by atomic mass is 9.95. The highest BCUT2D eigenvalue weighted by Crippen LogP contribution is 2.30. The number of rotatable bonds is 3. The van der Waals surface area contributed by atoms with Crippen molar-refractivity contribution in [1.82, 2.24) is 10.6 Å². The number of amides is 1. The van der Waals surface area contributed by atoms with Gasteiger partial charge in [0.05, 0.1) is 5.56 Å². The summed E-state index contributed by atoms with van der Waals surface area (Å²) >= 11 is 1.76. The minimum absolute atomic E-state index is 0. The van der Waals surface area contributed by atoms with Crippen molar-refractivity contribution in [2.24, 2.45) is 0 Å². The summed E-state index contributed by atoms with van der Waals surface area (Å²) in [5, 5.41) is 8.54. The lowest BCUT2D eigenvalue weighted by Gasteiger charge is -2.14. The predicted octanol–water partition coefficient (Wildman–Crippen LogP) is 2.53. The summed E-state index contributed by atoms with van der Waals surface area (Å²) in [5.74, 6) is 0.128. The molecule has 2 aliphatic rings. The van der Waals surface area contributed by atoms with Gasteiger partial charge < -0.3 is 10.6 Å². The lowest BCUT2D eigenvalue weighted by molar-refractivity contribution is 0.0949. The fourth-order valence-electron chi connectivity index (χ4n) is 2.93. The molecule has 0 spiro atoms. The zero-order valence-corrected chi connectivity index (χ0v) is 12.7. The number of aryl methyl sites for hydroxylation is 1. The van der Waals surface area contributed by atoms with E-state index in [0.717, 1.165) is 31.5 Å². The van der Waals surface area contributed by atoms with Crippen molar-refractivity contribution < 1.29 is 4.79 Å². The summed E-state index contributed by atoms with van der Waals surface area (Å²) in [6.45, 7) is 1.86. The van der Waals surface area contributed by atoms with Crippen LogP contribution in [-0.4, -0.2) is 25.0 Å². The molecule has 0 aromatic carbocycles. The maximum atomic E-state index is 12.2. The second-order valence-electron chi connectivity index (χ2n) is 5.26. The summed E-state index contributed by atoms with van der Waals surface area (Å²) in [6.07, 6.45) is 7.17. The molecular weight excluding hydrogens is 280 g/mol. The van der Waals surface area contributed by atoms with Gasteiger partial charge in [-0.1, -0.05) is 0 Å². The van der Waals surface area contributed by atoms with Crippen LogP contribution in [0, 0.1) is 0 Å². The first-order chi connectivity index (χ1) is 8.84. The van der Waals surface area contributed by atoms with E-state index < -0.39 is 0 Å². The van der Waals surface area contributed by atoms with E-state index >= 15 is 0 Å². The number of nitrogens with one attached hydrogen (secondary N) is 2. The first kappa shape index (κ1) is 14.8. The molecule has 2 heterocycles. The Morgan fingerprint density at radius 1 is 1.37 bits per heavy atom. The molecule has 0 radical (unpaired) electrons. The van der Waals surface area contributed by atoms with Crippen LogP contribution in [0.4, 0.5) is 0 Å². The molecule has 5 heteroatoms. The zero-order chi connectivity index (χ0) is 12.4. The molecule has 1 atom stereocenters. The molecule has 1 aromatic rings. The van der Waals surface area contributed by atoms with Gasteiger partial charge in [0, 0.05) is 22.8 Å². The monoisotopic (exact) mass is 300 g/mol. The Kier molecular flexibility index (Phi) is 5.25. The fraction of sp³-hybridized carbons (Fsp3) is 0.643. The van der Waals surface area contributed by atoms with Crippen LogP contribution < -0.4 is 10.6 Å². The van der Waals surface area contributed by atoms with Crippen LogP contribution >= 0.6 is 23.7 Å². The predicted molar refractivity (Wildman–Crippen MR) is 81.6 cm³/mol. The molecule has 3 rings (SSSR count). The SMILES string of the molecule is Cl.O=C(NCC1CCCN1)c1csc2c1CCCC2. The topological polar surface area (TPSA) is 41.1 Å². The van der Waals surface area contributed by atoms with Crippen molar-refractivity contribution in [3.8, 4) is 0 Å². The summed E-state index contributed by atoms with van der Waals surface area (Å²) in [6, 6.07) is 0.475. The van der Waals surface area contributed by atoms with Gasteiger partial charge in [0.15, 0.2) is 0 Å². The van der Waals surface area contributed by atoms with Crippen molar-refractivity contribution >= 4 is 29.7 Å². The van der Waals surface area contributed by atoms with Gasteiger partial charge in [-0.2, -0.15) is 0 Å². The molecule has 3 nitrogen and oxygen atoms in total. The summed E-state index contributed by atoms with van der Waals surface area (Å²) in [5.41, 5.74) is 2.26. The average Bonchev–Trinajstić information content (AvgIpc) is 3.05. The molecule has 1 aromatic heterocycles. The highest BCUT2D eigenvalue weighted by molar-refractivity contribution is 7.10. The largest absolute Gasteiger partial charge is 0.350 e. The second kappa shape index (κ2) is 6.73. The van der Waals surface area contributed by atoms with Crippen LogP contribution in [0.1, 0.15) is 46.5 Å². The number of thiophene rings is 1. The Labute approximate surface area is 124 Å². The Hall–Kier alpha value is -0.580. The molecular formula is C14H21ClN2OS. The normalized spacial score (nSPS) is 21.6. The number of carbonyl (C=O) groups is 1. The third-order valence-electron chi connectivity index (χ3n) is 3.98. The van der Waals surface area contributed by atoms with E-state index in [4.69, 9.17) is 0 Å². The van der Waals surface area contributed by atoms with Crippen molar-refractivity contribution in [2.75, 3.05) is 13.1 Å². The smallest absolute Gasteiger partial charge is 0.252 e. The van der Waals surface area contributed by atoms with E-state index in [9.17, 15) is 4.79 Å². The summed E-state index contributed by atoms with van der Waals surface area (Å²) in [4.78, 5) is 13.6. The Bertz CT molecular complexity index is 441. The van der Waals surface area contributed by atoms with Crippen molar-refractivity contribution in [3.63, 3.8) is 0 Å². The molecule has 19 heavy (non-hydrogen) atoms. The first-order valence-electron chi connectivity index (χ1n) is 6.95. The number of hydrogen-bond donors (Lipinski definition) is 2. The Balaban J connectivity index is 0.00000133. The van der Waals surface area contributed by atoms with E-state index in [2.05, 4.69) is 10.6 Å². The van der Waals surface area contributed by atoms with E-state index in [-0.39, 0.29) is 18.3 Å². The third-order valence-corrected chi connectivity index (χ3v) is 5.07. The minimum atomic E-state index is 0. The number of fused-ring (bicyclic) bond motifs is 1. The van der Waals surface area contributed by atoms with E-state index in [1.165, 1.54) is 36.1 Å². The molecule has 1 aliphatic carbocycles. The van der Waals surface area contributed by atoms with Crippen LogP contribution in [0.2, 0.25) is 0 Å². The molecule has 0 saturated carbocycles. The first-order valence-corrected chi connectivity index (χ1v) is 7.83. The molecule has 106 valence electrons. The van der Waals surface area contributed by atoms with Crippen molar-refractivity contribution in [3.05, 3.63) is 21.4 Å². The van der Waals surface area contributed by atoms with Gasteiger partial charge in [0.25, 0.3) is 5.91 Å². The van der Waals surface area contributed by atoms with Crippen LogP contribution in [0.25, 0.3) is 0 Å². The minimum Gasteiger partial charge on any atom is -0.350 e. The van der Waals surface area contributed by atoms with E-state index in [0.29, 0.717) is 6.04 Å². The van der Waals surface area contributed by atoms with Gasteiger partial charge in [0.1, 0.15) is 0 Å². The van der Waals surface area contributed by atoms with Gasteiger partial charge in [-0.15, -0.1) is 23.7 Å². The highest BCUT2D eigenvalue weighted by atomic mass is 35.5. The molecule has 1 aliphatic heterocycles. The van der Waals surface area contributed by atoms with E-state index in [1.54, 1.807) is 11.3 Å². The second-order valence-corrected chi connectivity index (χ2v) is 6.23. The number of carbonyl (C=O) groups excluding carboxylic acids is 1. The summed E-state index contributed by atoms with van der Waals surface area (Å²) < 4.78 is 0. The number of hydrogen-bond acceptors (Lipinski definition) is 3. The number of halogens is 1. The van der Waals surface area contributed by atoms with Gasteiger partial charge in [-0.05, 0) is 50.6 Å². The van der Waals surface area contributed by atoms with Crippen LogP contribution in [0.15, 0.2) is 5.38 Å². The van der Waals surface area contributed by atoms with Crippen LogP contribution in [-0.2, 0) is 12.8 Å². The van der Waals surface area contributed by atoms with Crippen molar-refractivity contribution in [1.29, 1.82) is 0 Å². The quantitative estimate of drug-likeness (QED) is 0.901. The maximum Gasteiger partial charge on any atom is 0.252 e. The molecule has 2 N–H and O–H groups in total. The Morgan fingerprint density at radius 2 is 2.21 bits per heavy atom. The van der Waals surface area contributed by atoms with Crippen molar-refractivity contribution in [2.45, 2.75) is 44.6 Å². The van der Waals surface area contributed by atoms with Gasteiger partial charge in [-0.3, -0.25) is 4.79 Å². The van der Waals surface area contributed by atoms with Crippen LogP contribution in [0.5, 0.6) is 0 Å². The van der Waals surface area contributed by atoms with Gasteiger partial charge >= 0.3 is 0 Å². The Morgan fingerprint density at radius 3 is 3.00 bits per heavy atom. The molecule has 0 bridgehead atoms. The van der Waals surface area contributed by atoms with Gasteiger partial charge in [-0.25, -0.2) is 0 Å². The fourth-order valence-corrected chi connectivity index (χ4v) is 4.05. The standard InChI is InChI=1S/C14H20N2OS.ClH/c17-14(16-8-10-4-3-7-15-10)12-9-18-13-6-2-1-5-11(12)13;/h9-10,15H,1-8H2,(H,16,17);1H.